The molecule has 0 bridgehead atoms. The van der Waals surface area contributed by atoms with Crippen LogP contribution in [-0.2, 0) is 0 Å². The molecule has 0 radical (unpaired) electrons. The van der Waals surface area contributed by atoms with Gasteiger partial charge in [-0.25, -0.2) is 9.97 Å². The molecular formula is C14H16BrN3S. The average molecular weight is 338 g/mol. The van der Waals surface area contributed by atoms with Crippen molar-refractivity contribution in [2.75, 3.05) is 11.9 Å². The van der Waals surface area contributed by atoms with E-state index in [1.165, 1.54) is 4.90 Å². The Morgan fingerprint density at radius 3 is 2.47 bits per heavy atom. The van der Waals surface area contributed by atoms with Crippen LogP contribution in [0.5, 0.6) is 0 Å². The molecule has 1 aromatic carbocycles. The molecule has 0 saturated heterocycles. The number of rotatable bonds is 4. The van der Waals surface area contributed by atoms with Crippen molar-refractivity contribution in [3.8, 4) is 0 Å². The van der Waals surface area contributed by atoms with Crippen molar-refractivity contribution in [2.24, 2.45) is 0 Å². The van der Waals surface area contributed by atoms with Gasteiger partial charge in [0.2, 0.25) is 0 Å². The highest BCUT2D eigenvalue weighted by Crippen LogP contribution is 2.31. The first-order valence-electron chi connectivity index (χ1n) is 6.12. The van der Waals surface area contributed by atoms with Gasteiger partial charge in [-0.3, -0.25) is 0 Å². The highest BCUT2D eigenvalue weighted by molar-refractivity contribution is 9.10. The lowest BCUT2D eigenvalue weighted by molar-refractivity contribution is 0.932. The molecule has 2 aromatic rings. The first kappa shape index (κ1) is 14.3. The van der Waals surface area contributed by atoms with Crippen LogP contribution < -0.4 is 5.32 Å². The van der Waals surface area contributed by atoms with Crippen molar-refractivity contribution >= 4 is 33.5 Å². The summed E-state index contributed by atoms with van der Waals surface area (Å²) in [7, 11) is 0. The van der Waals surface area contributed by atoms with Crippen molar-refractivity contribution in [2.45, 2.75) is 30.7 Å². The topological polar surface area (TPSA) is 37.8 Å². The molecule has 0 saturated carbocycles. The Morgan fingerprint density at radius 2 is 1.84 bits per heavy atom. The van der Waals surface area contributed by atoms with Crippen molar-refractivity contribution in [1.82, 2.24) is 9.97 Å². The zero-order valence-corrected chi connectivity index (χ0v) is 13.6. The second-order valence-electron chi connectivity index (χ2n) is 4.14. The van der Waals surface area contributed by atoms with Gasteiger partial charge in [-0.2, -0.15) is 0 Å². The van der Waals surface area contributed by atoms with Crippen LogP contribution in [0.4, 0.5) is 5.82 Å². The van der Waals surface area contributed by atoms with Crippen LogP contribution in [0.15, 0.2) is 38.7 Å². The fourth-order valence-electron chi connectivity index (χ4n) is 1.66. The molecule has 0 aliphatic carbocycles. The maximum absolute atomic E-state index is 4.53. The second-order valence-corrected chi connectivity index (χ2v) is 6.11. The van der Waals surface area contributed by atoms with E-state index in [0.29, 0.717) is 0 Å². The fraction of sp³-hybridized carbons (Fsp3) is 0.286. The number of aromatic nitrogens is 2. The predicted molar refractivity (Wildman–Crippen MR) is 83.9 cm³/mol. The van der Waals surface area contributed by atoms with Gasteiger partial charge in [0.25, 0.3) is 0 Å². The molecule has 5 heteroatoms. The van der Waals surface area contributed by atoms with Crippen molar-refractivity contribution in [1.29, 1.82) is 0 Å². The van der Waals surface area contributed by atoms with E-state index in [1.54, 1.807) is 11.8 Å². The SMILES string of the molecule is CCNc1nc(C)nc(Sc2ccc(Br)cc2)c1C. The van der Waals surface area contributed by atoms with Gasteiger partial charge >= 0.3 is 0 Å². The largest absolute Gasteiger partial charge is 0.370 e. The number of benzene rings is 1. The highest BCUT2D eigenvalue weighted by atomic mass is 79.9. The molecule has 1 N–H and O–H groups in total. The third-order valence-corrected chi connectivity index (χ3v) is 4.21. The van der Waals surface area contributed by atoms with Crippen LogP contribution in [0.25, 0.3) is 0 Å². The molecule has 1 aromatic heterocycles. The number of nitrogens with one attached hydrogen (secondary N) is 1. The van der Waals surface area contributed by atoms with Crippen LogP contribution in [0.3, 0.4) is 0 Å². The Kier molecular flexibility index (Phi) is 4.82. The van der Waals surface area contributed by atoms with Gasteiger partial charge < -0.3 is 5.32 Å². The van der Waals surface area contributed by atoms with Crippen molar-refractivity contribution < 1.29 is 0 Å². The standard InChI is InChI=1S/C14H16BrN3S/c1-4-16-13-9(2)14(18-10(3)17-13)19-12-7-5-11(15)6-8-12/h5-8H,4H2,1-3H3,(H,16,17,18). The molecule has 0 unspecified atom stereocenters. The van der Waals surface area contributed by atoms with E-state index >= 15 is 0 Å². The van der Waals surface area contributed by atoms with E-state index in [-0.39, 0.29) is 0 Å². The minimum Gasteiger partial charge on any atom is -0.370 e. The normalized spacial score (nSPS) is 10.5. The zero-order chi connectivity index (χ0) is 13.8. The summed E-state index contributed by atoms with van der Waals surface area (Å²) in [5.74, 6) is 1.72. The Morgan fingerprint density at radius 1 is 1.16 bits per heavy atom. The summed E-state index contributed by atoms with van der Waals surface area (Å²) >= 11 is 5.11. The fourth-order valence-corrected chi connectivity index (χ4v) is 2.84. The number of halogens is 1. The molecular weight excluding hydrogens is 322 g/mol. The molecule has 3 nitrogen and oxygen atoms in total. The van der Waals surface area contributed by atoms with Crippen molar-refractivity contribution in [3.05, 3.63) is 40.1 Å². The maximum Gasteiger partial charge on any atom is 0.133 e. The van der Waals surface area contributed by atoms with Crippen LogP contribution in [-0.4, -0.2) is 16.5 Å². The van der Waals surface area contributed by atoms with Gasteiger partial charge in [0, 0.05) is 21.5 Å². The van der Waals surface area contributed by atoms with Crippen molar-refractivity contribution in [3.63, 3.8) is 0 Å². The quantitative estimate of drug-likeness (QED) is 0.837. The number of hydrogen-bond donors (Lipinski definition) is 1. The summed E-state index contributed by atoms with van der Waals surface area (Å²) in [6, 6.07) is 8.24. The molecule has 0 spiro atoms. The van der Waals surface area contributed by atoms with Gasteiger partial charge in [-0.1, -0.05) is 27.7 Å². The Hall–Kier alpha value is -1.07. The number of hydrogen-bond acceptors (Lipinski definition) is 4. The lowest BCUT2D eigenvalue weighted by atomic mass is 10.3. The van der Waals surface area contributed by atoms with Gasteiger partial charge in [0.15, 0.2) is 0 Å². The van der Waals surface area contributed by atoms with Crippen LogP contribution in [0.2, 0.25) is 0 Å². The molecule has 2 rings (SSSR count). The second kappa shape index (κ2) is 6.39. The molecule has 0 aliphatic rings. The third-order valence-electron chi connectivity index (χ3n) is 2.59. The summed E-state index contributed by atoms with van der Waals surface area (Å²) in [6.07, 6.45) is 0. The van der Waals surface area contributed by atoms with E-state index in [1.807, 2.05) is 19.1 Å². The summed E-state index contributed by atoms with van der Waals surface area (Å²) < 4.78 is 1.08. The molecule has 0 fully saturated rings. The minimum absolute atomic E-state index is 0.793. The molecule has 19 heavy (non-hydrogen) atoms. The first-order chi connectivity index (χ1) is 9.10. The zero-order valence-electron chi connectivity index (χ0n) is 11.2. The molecule has 0 aliphatic heterocycles. The minimum atomic E-state index is 0.793. The van der Waals surface area contributed by atoms with Crippen LogP contribution in [0.1, 0.15) is 18.3 Å². The van der Waals surface area contributed by atoms with E-state index < -0.39 is 0 Å². The monoisotopic (exact) mass is 337 g/mol. The Balaban J connectivity index is 2.31. The van der Waals surface area contributed by atoms with Gasteiger partial charge in [0.1, 0.15) is 16.7 Å². The lowest BCUT2D eigenvalue weighted by Gasteiger charge is -2.11. The summed E-state index contributed by atoms with van der Waals surface area (Å²) in [5.41, 5.74) is 1.10. The predicted octanol–water partition coefficient (Wildman–Crippen LogP) is 4.44. The summed E-state index contributed by atoms with van der Waals surface area (Å²) in [4.78, 5) is 10.1. The van der Waals surface area contributed by atoms with E-state index in [0.717, 1.165) is 33.2 Å². The maximum atomic E-state index is 4.53. The van der Waals surface area contributed by atoms with Crippen LogP contribution >= 0.6 is 27.7 Å². The molecule has 0 amide bonds. The van der Waals surface area contributed by atoms with Gasteiger partial charge in [-0.15, -0.1) is 0 Å². The lowest BCUT2D eigenvalue weighted by Crippen LogP contribution is -2.05. The smallest absolute Gasteiger partial charge is 0.133 e. The average Bonchev–Trinajstić information content (AvgIpc) is 2.38. The number of anilines is 1. The number of aryl methyl sites for hydroxylation is 1. The summed E-state index contributed by atoms with van der Waals surface area (Å²) in [5, 5.41) is 4.29. The van der Waals surface area contributed by atoms with Gasteiger partial charge in [0.05, 0.1) is 0 Å². The Bertz CT molecular complexity index is 570. The first-order valence-corrected chi connectivity index (χ1v) is 7.73. The van der Waals surface area contributed by atoms with Gasteiger partial charge in [-0.05, 0) is 45.0 Å². The Labute approximate surface area is 126 Å². The van der Waals surface area contributed by atoms with E-state index in [9.17, 15) is 0 Å². The highest BCUT2D eigenvalue weighted by Gasteiger charge is 2.10. The molecule has 1 heterocycles. The van der Waals surface area contributed by atoms with Crippen LogP contribution in [0, 0.1) is 13.8 Å². The van der Waals surface area contributed by atoms with E-state index in [4.69, 9.17) is 0 Å². The molecule has 100 valence electrons. The van der Waals surface area contributed by atoms with E-state index in [2.05, 4.69) is 57.2 Å². The summed E-state index contributed by atoms with van der Waals surface area (Å²) in [6.45, 7) is 6.91. The number of nitrogens with zero attached hydrogens (tertiary/aromatic N) is 2. The third kappa shape index (κ3) is 3.70. The molecule has 0 atom stereocenters.